The Labute approximate surface area is 193 Å². The van der Waals surface area contributed by atoms with Crippen LogP contribution < -0.4 is 5.32 Å². The summed E-state index contributed by atoms with van der Waals surface area (Å²) in [6.45, 7) is 0.487. The Hall–Kier alpha value is -3.13. The van der Waals surface area contributed by atoms with Crippen LogP contribution in [0, 0.1) is 0 Å². The Morgan fingerprint density at radius 1 is 1.06 bits per heavy atom. The van der Waals surface area contributed by atoms with E-state index in [2.05, 4.69) is 10.4 Å². The average Bonchev–Trinajstić information content (AvgIpc) is 3.54. The lowest BCUT2D eigenvalue weighted by atomic mass is 9.98. The van der Waals surface area contributed by atoms with Crippen molar-refractivity contribution in [2.45, 2.75) is 37.9 Å². The van der Waals surface area contributed by atoms with E-state index in [1.165, 1.54) is 4.68 Å². The van der Waals surface area contributed by atoms with E-state index in [4.69, 9.17) is 11.6 Å². The Kier molecular flexibility index (Phi) is 6.56. The van der Waals surface area contributed by atoms with Crippen molar-refractivity contribution in [2.75, 3.05) is 6.54 Å². The molecular weight excluding hydrogens is 455 g/mol. The second-order valence-corrected chi connectivity index (χ2v) is 8.38. The van der Waals surface area contributed by atoms with E-state index in [0.29, 0.717) is 22.7 Å². The van der Waals surface area contributed by atoms with E-state index in [1.807, 2.05) is 0 Å². The van der Waals surface area contributed by atoms with E-state index in [1.54, 1.807) is 48.5 Å². The molecule has 0 aliphatic heterocycles. The second-order valence-electron chi connectivity index (χ2n) is 7.94. The highest BCUT2D eigenvalue weighted by atomic mass is 35.5. The zero-order valence-corrected chi connectivity index (χ0v) is 18.3. The van der Waals surface area contributed by atoms with Crippen LogP contribution in [0.25, 0.3) is 0 Å². The van der Waals surface area contributed by atoms with Crippen LogP contribution in [0.4, 0.5) is 13.2 Å². The van der Waals surface area contributed by atoms with Crippen molar-refractivity contribution < 1.29 is 22.8 Å². The molecule has 9 heteroatoms. The van der Waals surface area contributed by atoms with Crippen molar-refractivity contribution in [1.82, 2.24) is 15.1 Å². The molecule has 0 spiro atoms. The van der Waals surface area contributed by atoms with Crippen LogP contribution >= 0.6 is 11.6 Å². The number of ketones is 1. The number of carbonyl (C=O) groups excluding carboxylic acids is 2. The van der Waals surface area contributed by atoms with Crippen molar-refractivity contribution in [1.29, 1.82) is 0 Å². The molecule has 0 atom stereocenters. The molecule has 5 nitrogen and oxygen atoms in total. The summed E-state index contributed by atoms with van der Waals surface area (Å²) < 4.78 is 40.5. The Morgan fingerprint density at radius 3 is 2.36 bits per heavy atom. The van der Waals surface area contributed by atoms with Crippen LogP contribution in [-0.4, -0.2) is 28.0 Å². The molecule has 1 aliphatic rings. The molecule has 1 heterocycles. The smallest absolute Gasteiger partial charge is 0.352 e. The third kappa shape index (κ3) is 5.45. The minimum Gasteiger partial charge on any atom is -0.352 e. The van der Waals surface area contributed by atoms with Gasteiger partial charge in [0.25, 0.3) is 5.91 Å². The van der Waals surface area contributed by atoms with Gasteiger partial charge in [-0.15, -0.1) is 0 Å². The number of nitrogens with zero attached hydrogens (tertiary/aromatic N) is 2. The quantitative estimate of drug-likeness (QED) is 0.346. The summed E-state index contributed by atoms with van der Waals surface area (Å²) in [4.78, 5) is 25.6. The summed E-state index contributed by atoms with van der Waals surface area (Å²) in [6, 6.07) is 14.0. The number of hydrogen-bond donors (Lipinski definition) is 1. The molecule has 1 aromatic heterocycles. The number of benzene rings is 2. The standard InChI is InChI=1S/C24H21ClF3N3O2/c25-17-10-8-16(9-11-17)22(32)18-4-1-2-5-19(18)23(33)29-12-3-13-31-20(15-6-7-15)14-21(30-31)24(26,27)28/h1-2,4-5,8-11,14-15H,3,6-7,12-13H2,(H,29,33). The van der Waals surface area contributed by atoms with Gasteiger partial charge in [0.15, 0.2) is 11.5 Å². The van der Waals surface area contributed by atoms with Crippen molar-refractivity contribution in [2.24, 2.45) is 0 Å². The fraction of sp³-hybridized carbons (Fsp3) is 0.292. The molecule has 1 N–H and O–H groups in total. The van der Waals surface area contributed by atoms with Crippen molar-refractivity contribution in [3.05, 3.63) is 87.7 Å². The van der Waals surface area contributed by atoms with Gasteiger partial charge in [0.1, 0.15) is 0 Å². The third-order valence-electron chi connectivity index (χ3n) is 5.45. The lowest BCUT2D eigenvalue weighted by molar-refractivity contribution is -0.141. The van der Waals surface area contributed by atoms with E-state index < -0.39 is 17.8 Å². The van der Waals surface area contributed by atoms with Gasteiger partial charge in [-0.1, -0.05) is 29.8 Å². The molecule has 0 saturated heterocycles. The van der Waals surface area contributed by atoms with Crippen LogP contribution in [0.5, 0.6) is 0 Å². The molecule has 0 bridgehead atoms. The number of hydrogen-bond acceptors (Lipinski definition) is 3. The minimum atomic E-state index is -4.48. The Morgan fingerprint density at radius 2 is 1.73 bits per heavy atom. The number of aryl methyl sites for hydroxylation is 1. The summed E-state index contributed by atoms with van der Waals surface area (Å²) in [5.74, 6) is -0.608. The number of rotatable bonds is 8. The minimum absolute atomic E-state index is 0.119. The number of nitrogens with one attached hydrogen (secondary N) is 1. The maximum atomic E-state index is 13.0. The molecule has 2 aromatic carbocycles. The predicted octanol–water partition coefficient (Wildman–Crippen LogP) is 5.48. The first-order valence-electron chi connectivity index (χ1n) is 10.6. The molecule has 0 unspecified atom stereocenters. The molecule has 3 aromatic rings. The van der Waals surface area contributed by atoms with Gasteiger partial charge in [0.2, 0.25) is 0 Å². The van der Waals surface area contributed by atoms with Gasteiger partial charge in [0.05, 0.1) is 5.56 Å². The first kappa shape index (κ1) is 23.0. The number of amides is 1. The van der Waals surface area contributed by atoms with Gasteiger partial charge in [0, 0.05) is 40.9 Å². The highest BCUT2D eigenvalue weighted by molar-refractivity contribution is 6.30. The van der Waals surface area contributed by atoms with Gasteiger partial charge >= 0.3 is 6.18 Å². The van der Waals surface area contributed by atoms with Crippen LogP contribution in [-0.2, 0) is 12.7 Å². The van der Waals surface area contributed by atoms with Crippen molar-refractivity contribution >= 4 is 23.3 Å². The maximum Gasteiger partial charge on any atom is 0.435 e. The summed E-state index contributed by atoms with van der Waals surface area (Å²) >= 11 is 5.88. The van der Waals surface area contributed by atoms with E-state index in [0.717, 1.165) is 18.9 Å². The molecule has 172 valence electrons. The summed E-state index contributed by atoms with van der Waals surface area (Å²) in [5, 5.41) is 6.97. The highest BCUT2D eigenvalue weighted by Gasteiger charge is 2.37. The lowest BCUT2D eigenvalue weighted by Gasteiger charge is -2.11. The van der Waals surface area contributed by atoms with Gasteiger partial charge in [-0.05, 0) is 55.7 Å². The predicted molar refractivity (Wildman–Crippen MR) is 117 cm³/mol. The van der Waals surface area contributed by atoms with E-state index in [9.17, 15) is 22.8 Å². The van der Waals surface area contributed by atoms with Gasteiger partial charge in [-0.2, -0.15) is 18.3 Å². The highest BCUT2D eigenvalue weighted by Crippen LogP contribution is 2.42. The SMILES string of the molecule is O=C(NCCCn1nc(C(F)(F)F)cc1C1CC1)c1ccccc1C(=O)c1ccc(Cl)cc1. The molecule has 0 radical (unpaired) electrons. The summed E-state index contributed by atoms with van der Waals surface area (Å²) in [6.07, 6.45) is -2.36. The van der Waals surface area contributed by atoms with Crippen LogP contribution in [0.2, 0.25) is 5.02 Å². The molecule has 1 fully saturated rings. The topological polar surface area (TPSA) is 64.0 Å². The first-order chi connectivity index (χ1) is 15.7. The fourth-order valence-electron chi connectivity index (χ4n) is 3.62. The number of alkyl halides is 3. The zero-order chi connectivity index (χ0) is 23.6. The second kappa shape index (κ2) is 9.39. The molecule has 33 heavy (non-hydrogen) atoms. The lowest BCUT2D eigenvalue weighted by Crippen LogP contribution is -2.27. The Balaban J connectivity index is 1.39. The molecule has 1 saturated carbocycles. The maximum absolute atomic E-state index is 13.0. The van der Waals surface area contributed by atoms with E-state index in [-0.39, 0.29) is 35.9 Å². The fourth-order valence-corrected chi connectivity index (χ4v) is 3.74. The molecule has 1 aliphatic carbocycles. The number of halogens is 4. The zero-order valence-electron chi connectivity index (χ0n) is 17.5. The van der Waals surface area contributed by atoms with Gasteiger partial charge in [-0.3, -0.25) is 14.3 Å². The summed E-state index contributed by atoms with van der Waals surface area (Å²) in [5.41, 5.74) is 0.604. The van der Waals surface area contributed by atoms with Gasteiger partial charge < -0.3 is 5.32 Å². The monoisotopic (exact) mass is 475 g/mol. The molecular formula is C24H21ClF3N3O2. The first-order valence-corrected chi connectivity index (χ1v) is 10.9. The number of carbonyl (C=O) groups is 2. The Bertz CT molecular complexity index is 1170. The van der Waals surface area contributed by atoms with Crippen LogP contribution in [0.1, 0.15) is 62.8 Å². The third-order valence-corrected chi connectivity index (χ3v) is 5.70. The largest absolute Gasteiger partial charge is 0.435 e. The molecule has 4 rings (SSSR count). The normalized spacial score (nSPS) is 13.7. The number of aromatic nitrogens is 2. The van der Waals surface area contributed by atoms with Gasteiger partial charge in [-0.25, -0.2) is 0 Å². The summed E-state index contributed by atoms with van der Waals surface area (Å²) in [7, 11) is 0. The van der Waals surface area contributed by atoms with Crippen molar-refractivity contribution in [3.8, 4) is 0 Å². The molecule has 1 amide bonds. The van der Waals surface area contributed by atoms with Crippen LogP contribution in [0.3, 0.4) is 0 Å². The van der Waals surface area contributed by atoms with Crippen molar-refractivity contribution in [3.63, 3.8) is 0 Å². The van der Waals surface area contributed by atoms with Crippen LogP contribution in [0.15, 0.2) is 54.6 Å². The average molecular weight is 476 g/mol. The van der Waals surface area contributed by atoms with E-state index >= 15 is 0 Å².